The van der Waals surface area contributed by atoms with Gasteiger partial charge in [-0.25, -0.2) is 14.9 Å². The van der Waals surface area contributed by atoms with Gasteiger partial charge in [-0.2, -0.15) is 0 Å². The lowest BCUT2D eigenvalue weighted by molar-refractivity contribution is -0.126. The summed E-state index contributed by atoms with van der Waals surface area (Å²) in [5.74, 6) is -0.587. The molecule has 0 aliphatic carbocycles. The van der Waals surface area contributed by atoms with Crippen LogP contribution in [0.1, 0.15) is 18.0 Å². The van der Waals surface area contributed by atoms with Crippen molar-refractivity contribution in [2.24, 2.45) is 5.92 Å². The van der Waals surface area contributed by atoms with Crippen LogP contribution >= 0.6 is 31.9 Å². The van der Waals surface area contributed by atoms with Crippen LogP contribution in [0.2, 0.25) is 0 Å². The average Bonchev–Trinajstić information content (AvgIpc) is 3.30. The third-order valence-electron chi connectivity index (χ3n) is 5.70. The molecule has 0 unspecified atom stereocenters. The van der Waals surface area contributed by atoms with Gasteiger partial charge in [-0.15, -0.1) is 0 Å². The molecule has 0 radical (unpaired) electrons. The lowest BCUT2D eigenvalue weighted by Gasteiger charge is -2.29. The zero-order chi connectivity index (χ0) is 18.7. The van der Waals surface area contributed by atoms with Crippen LogP contribution < -0.4 is 4.90 Å². The molecule has 3 atom stereocenters. The number of hydrogen-bond acceptors (Lipinski definition) is 4. The second-order valence-electron chi connectivity index (χ2n) is 7.14. The van der Waals surface area contributed by atoms with Crippen molar-refractivity contribution in [3.63, 3.8) is 0 Å². The fraction of sp³-hybridized carbons (Fsp3) is 0.300. The molecule has 0 bridgehead atoms. The van der Waals surface area contributed by atoms with Crippen LogP contribution in [0, 0.1) is 5.92 Å². The second-order valence-corrected chi connectivity index (χ2v) is 8.97. The van der Waals surface area contributed by atoms with Gasteiger partial charge in [0, 0.05) is 22.0 Å². The summed E-state index contributed by atoms with van der Waals surface area (Å²) in [7, 11) is 0. The van der Waals surface area contributed by atoms with Gasteiger partial charge in [-0.1, -0.05) is 44.0 Å². The molecule has 5 nitrogen and oxygen atoms in total. The smallest absolute Gasteiger partial charge is 0.253 e. The Morgan fingerprint density at radius 1 is 0.741 bits per heavy atom. The molecule has 3 aliphatic rings. The number of anilines is 1. The van der Waals surface area contributed by atoms with E-state index in [1.807, 2.05) is 48.5 Å². The Morgan fingerprint density at radius 2 is 1.30 bits per heavy atom. The van der Waals surface area contributed by atoms with Gasteiger partial charge in [0.25, 0.3) is 5.91 Å². The highest BCUT2D eigenvalue weighted by Crippen LogP contribution is 2.49. The van der Waals surface area contributed by atoms with Crippen molar-refractivity contribution < 1.29 is 9.59 Å². The Hall–Kier alpha value is -1.54. The molecule has 7 heteroatoms. The fourth-order valence-electron chi connectivity index (χ4n) is 4.62. The maximum atomic E-state index is 13.4. The van der Waals surface area contributed by atoms with E-state index in [2.05, 4.69) is 41.9 Å². The summed E-state index contributed by atoms with van der Waals surface area (Å²) in [6, 6.07) is 14.9. The van der Waals surface area contributed by atoms with Crippen molar-refractivity contribution in [2.45, 2.75) is 18.5 Å². The highest BCUT2D eigenvalue weighted by atomic mass is 79.9. The maximum absolute atomic E-state index is 13.4. The molecule has 2 aromatic rings. The van der Waals surface area contributed by atoms with E-state index in [0.29, 0.717) is 5.69 Å². The summed E-state index contributed by atoms with van der Waals surface area (Å²) in [6.07, 6.45) is 1.01. The molecule has 0 saturated carbocycles. The van der Waals surface area contributed by atoms with E-state index in [0.717, 1.165) is 34.0 Å². The number of imide groups is 1. The van der Waals surface area contributed by atoms with Gasteiger partial charge in [-0.3, -0.25) is 9.59 Å². The maximum Gasteiger partial charge on any atom is 0.253 e. The van der Waals surface area contributed by atoms with Crippen LogP contribution in [0.15, 0.2) is 57.5 Å². The normalized spacial score (nSPS) is 28.1. The van der Waals surface area contributed by atoms with Crippen LogP contribution in [0.3, 0.4) is 0 Å². The van der Waals surface area contributed by atoms with Crippen LogP contribution in [-0.4, -0.2) is 41.0 Å². The van der Waals surface area contributed by atoms with Crippen LogP contribution in [-0.2, 0) is 9.59 Å². The number of hydrazine groups is 1. The number of rotatable bonds is 2. The van der Waals surface area contributed by atoms with Crippen molar-refractivity contribution >= 4 is 49.4 Å². The van der Waals surface area contributed by atoms with E-state index in [1.165, 1.54) is 4.90 Å². The number of benzene rings is 2. The van der Waals surface area contributed by atoms with E-state index < -0.39 is 6.04 Å². The Morgan fingerprint density at radius 3 is 1.93 bits per heavy atom. The van der Waals surface area contributed by atoms with Crippen molar-refractivity contribution in [3.8, 4) is 0 Å². The van der Waals surface area contributed by atoms with E-state index in [4.69, 9.17) is 0 Å². The molecular formula is C20H17Br2N3O2. The zero-order valence-electron chi connectivity index (χ0n) is 14.4. The highest BCUT2D eigenvalue weighted by molar-refractivity contribution is 9.10. The molecule has 27 heavy (non-hydrogen) atoms. The number of amides is 2. The largest absolute Gasteiger partial charge is 0.274 e. The summed E-state index contributed by atoms with van der Waals surface area (Å²) < 4.78 is 1.92. The van der Waals surface area contributed by atoms with Crippen LogP contribution in [0.25, 0.3) is 0 Å². The molecule has 138 valence electrons. The quantitative estimate of drug-likeness (QED) is 0.601. The van der Waals surface area contributed by atoms with Crippen LogP contribution in [0.5, 0.6) is 0 Å². The monoisotopic (exact) mass is 489 g/mol. The predicted octanol–water partition coefficient (Wildman–Crippen LogP) is 3.75. The Labute approximate surface area is 174 Å². The van der Waals surface area contributed by atoms with Crippen molar-refractivity contribution in [3.05, 3.63) is 63.0 Å². The standard InChI is InChI=1S/C20H17Br2N3O2/c21-13-4-2-12(3-5-13)17-16-18(24-11-1-10-23(17)24)20(27)25(19(16)26)15-8-6-14(22)7-9-15/h2-9,16-18H,1,10-11H2/t16-,17-,18-/m0/s1. The van der Waals surface area contributed by atoms with E-state index in [-0.39, 0.29) is 23.8 Å². The van der Waals surface area contributed by atoms with Crippen molar-refractivity contribution in [1.29, 1.82) is 0 Å². The van der Waals surface area contributed by atoms with Gasteiger partial charge in [0.1, 0.15) is 6.04 Å². The number of hydrogen-bond donors (Lipinski definition) is 0. The van der Waals surface area contributed by atoms with E-state index in [1.54, 1.807) is 0 Å². The molecule has 2 aromatic carbocycles. The van der Waals surface area contributed by atoms with Crippen molar-refractivity contribution in [2.75, 3.05) is 18.0 Å². The summed E-state index contributed by atoms with van der Waals surface area (Å²) in [5.41, 5.74) is 1.72. The third kappa shape index (κ3) is 2.63. The van der Waals surface area contributed by atoms with Gasteiger partial charge in [-0.05, 0) is 48.4 Å². The zero-order valence-corrected chi connectivity index (χ0v) is 17.6. The first-order chi connectivity index (χ1) is 13.1. The summed E-state index contributed by atoms with van der Waals surface area (Å²) in [4.78, 5) is 28.0. The van der Waals surface area contributed by atoms with Crippen molar-refractivity contribution in [1.82, 2.24) is 10.0 Å². The Kier molecular flexibility index (Phi) is 4.23. The first kappa shape index (κ1) is 17.6. The molecule has 5 rings (SSSR count). The van der Waals surface area contributed by atoms with Crippen LogP contribution in [0.4, 0.5) is 5.69 Å². The minimum Gasteiger partial charge on any atom is -0.274 e. The van der Waals surface area contributed by atoms with E-state index >= 15 is 0 Å². The molecule has 0 aromatic heterocycles. The summed E-state index contributed by atoms with van der Waals surface area (Å²) in [5, 5.41) is 4.35. The molecule has 0 spiro atoms. The fourth-order valence-corrected chi connectivity index (χ4v) is 5.15. The van der Waals surface area contributed by atoms with Gasteiger partial charge in [0.2, 0.25) is 5.91 Å². The molecule has 3 aliphatic heterocycles. The second kappa shape index (κ2) is 6.51. The lowest BCUT2D eigenvalue weighted by Crippen LogP contribution is -2.44. The third-order valence-corrected chi connectivity index (χ3v) is 6.76. The minimum absolute atomic E-state index is 0.0949. The average molecular weight is 491 g/mol. The number of carbonyl (C=O) groups excluding carboxylic acids is 2. The van der Waals surface area contributed by atoms with Gasteiger partial charge in [0.15, 0.2) is 0 Å². The number of halogens is 2. The van der Waals surface area contributed by atoms with Gasteiger partial charge < -0.3 is 0 Å². The first-order valence-electron chi connectivity index (χ1n) is 8.98. The molecule has 2 amide bonds. The predicted molar refractivity (Wildman–Crippen MR) is 109 cm³/mol. The molecule has 3 saturated heterocycles. The van der Waals surface area contributed by atoms with E-state index in [9.17, 15) is 9.59 Å². The summed E-state index contributed by atoms with van der Waals surface area (Å²) >= 11 is 6.89. The Bertz CT molecular complexity index is 916. The number of nitrogens with zero attached hydrogens (tertiary/aromatic N) is 3. The number of fused-ring (bicyclic) bond motifs is 3. The minimum atomic E-state index is -0.405. The SMILES string of the molecule is O=C1[C@@H]2[C@@H](C(=O)N1c1ccc(Br)cc1)N1CCCN1[C@H]2c1ccc(Br)cc1. The molecule has 3 heterocycles. The first-order valence-corrected chi connectivity index (χ1v) is 10.6. The topological polar surface area (TPSA) is 43.9 Å². The number of carbonyl (C=O) groups is 2. The highest BCUT2D eigenvalue weighted by Gasteiger charge is 2.62. The molecule has 0 N–H and O–H groups in total. The summed E-state index contributed by atoms with van der Waals surface area (Å²) in [6.45, 7) is 1.70. The Balaban J connectivity index is 1.57. The van der Waals surface area contributed by atoms with Gasteiger partial charge >= 0.3 is 0 Å². The molecular weight excluding hydrogens is 474 g/mol. The molecule has 3 fully saturated rings. The lowest BCUT2D eigenvalue weighted by atomic mass is 9.90. The van der Waals surface area contributed by atoms with Gasteiger partial charge in [0.05, 0.1) is 17.6 Å².